The Morgan fingerprint density at radius 3 is 2.28 bits per heavy atom. The first-order valence-electron chi connectivity index (χ1n) is 7.54. The molecule has 0 aliphatic carbocycles. The lowest BCUT2D eigenvalue weighted by Gasteiger charge is -2.16. The number of benzene rings is 1. The van der Waals surface area contributed by atoms with Gasteiger partial charge in [-0.2, -0.15) is 5.26 Å². The summed E-state index contributed by atoms with van der Waals surface area (Å²) < 4.78 is 0.612. The summed E-state index contributed by atoms with van der Waals surface area (Å²) in [7, 11) is 1.80. The van der Waals surface area contributed by atoms with Crippen LogP contribution in [0.3, 0.4) is 0 Å². The van der Waals surface area contributed by atoms with E-state index in [0.717, 1.165) is 11.3 Å². The van der Waals surface area contributed by atoms with Crippen LogP contribution in [-0.2, 0) is 26.4 Å². The Balaban J connectivity index is 0.00000151. The van der Waals surface area contributed by atoms with E-state index in [4.69, 9.17) is 0 Å². The number of aromatic nitrogens is 1. The van der Waals surface area contributed by atoms with Gasteiger partial charge in [-0.1, -0.05) is 12.1 Å². The molecule has 0 atom stereocenters. The third-order valence-corrected chi connectivity index (χ3v) is 4.56. The first-order valence-corrected chi connectivity index (χ1v) is 8.33. The first-order chi connectivity index (χ1) is 12.1. The smallest absolute Gasteiger partial charge is 0.132 e. The third kappa shape index (κ3) is 4.18. The van der Waals surface area contributed by atoms with Crippen LogP contribution in [0.2, 0.25) is 0 Å². The molecule has 134 valence electrons. The van der Waals surface area contributed by atoms with Crippen molar-refractivity contribution in [1.29, 1.82) is 5.26 Å². The normalized spacial score (nSPS) is 10.1. The van der Waals surface area contributed by atoms with Gasteiger partial charge in [0.2, 0.25) is 0 Å². The number of rotatable bonds is 6. The van der Waals surface area contributed by atoms with Crippen LogP contribution in [0.1, 0.15) is 28.1 Å². The van der Waals surface area contributed by atoms with Gasteiger partial charge in [0.05, 0.1) is 24.3 Å². The molecule has 25 heavy (non-hydrogen) atoms. The molecule has 0 fully saturated rings. The molecule has 0 aliphatic heterocycles. The van der Waals surface area contributed by atoms with Crippen molar-refractivity contribution in [3.05, 3.63) is 57.8 Å². The van der Waals surface area contributed by atoms with Crippen molar-refractivity contribution in [1.82, 2.24) is 10.3 Å². The number of nitrogens with zero attached hydrogens (tertiary/aromatic N) is 1. The highest BCUT2D eigenvalue weighted by Crippen LogP contribution is 2.38. The standard InChI is InChI=1S/C16H18BrN3O3.C2H4/c1-19-5-14-15(16(17)13(4-18)20-14)10-3-2-9(6-21)11(7-22)12(10)8-23;1-2/h2-3,19-23H,5-8H2,1H3;1-2H2. The Labute approximate surface area is 155 Å². The molecule has 1 aromatic carbocycles. The van der Waals surface area contributed by atoms with Crippen LogP contribution in [0.5, 0.6) is 0 Å². The molecule has 0 bridgehead atoms. The van der Waals surface area contributed by atoms with Gasteiger partial charge in [-0.05, 0) is 45.2 Å². The Morgan fingerprint density at radius 2 is 1.80 bits per heavy atom. The molecule has 0 radical (unpaired) electrons. The van der Waals surface area contributed by atoms with E-state index in [-0.39, 0.29) is 19.8 Å². The number of aromatic amines is 1. The summed E-state index contributed by atoms with van der Waals surface area (Å²) in [5.74, 6) is 0. The zero-order valence-electron chi connectivity index (χ0n) is 14.1. The van der Waals surface area contributed by atoms with Gasteiger partial charge >= 0.3 is 0 Å². The molecule has 0 amide bonds. The number of hydrogen-bond acceptors (Lipinski definition) is 5. The van der Waals surface area contributed by atoms with Crippen molar-refractivity contribution in [2.24, 2.45) is 0 Å². The highest BCUT2D eigenvalue weighted by Gasteiger charge is 2.21. The lowest BCUT2D eigenvalue weighted by atomic mass is 9.92. The molecule has 0 saturated heterocycles. The Kier molecular flexibility index (Phi) is 8.55. The van der Waals surface area contributed by atoms with Crippen molar-refractivity contribution in [2.45, 2.75) is 26.4 Å². The molecule has 7 heteroatoms. The number of hydrogen-bond donors (Lipinski definition) is 5. The average Bonchev–Trinajstić information content (AvgIpc) is 2.97. The lowest BCUT2D eigenvalue weighted by Crippen LogP contribution is -2.08. The van der Waals surface area contributed by atoms with Crippen molar-refractivity contribution in [3.63, 3.8) is 0 Å². The van der Waals surface area contributed by atoms with Crippen LogP contribution >= 0.6 is 15.9 Å². The van der Waals surface area contributed by atoms with Crippen LogP contribution in [0, 0.1) is 11.3 Å². The molecule has 1 aromatic heterocycles. The van der Waals surface area contributed by atoms with E-state index < -0.39 is 0 Å². The summed E-state index contributed by atoms with van der Waals surface area (Å²) in [4.78, 5) is 3.05. The number of aliphatic hydroxyl groups excluding tert-OH is 3. The van der Waals surface area contributed by atoms with Crippen LogP contribution in [0.15, 0.2) is 29.8 Å². The summed E-state index contributed by atoms with van der Waals surface area (Å²) in [6.07, 6.45) is 0. The highest BCUT2D eigenvalue weighted by molar-refractivity contribution is 9.10. The summed E-state index contributed by atoms with van der Waals surface area (Å²) in [5.41, 5.74) is 4.29. The van der Waals surface area contributed by atoms with Crippen LogP contribution in [0.25, 0.3) is 11.1 Å². The van der Waals surface area contributed by atoms with E-state index in [0.29, 0.717) is 39.0 Å². The minimum absolute atomic E-state index is 0.218. The van der Waals surface area contributed by atoms with Crippen LogP contribution in [0.4, 0.5) is 0 Å². The fourth-order valence-electron chi connectivity index (χ4n) is 2.69. The Bertz CT molecular complexity index is 766. The molecule has 0 spiro atoms. The predicted octanol–water partition coefficient (Wildman–Crippen LogP) is 2.31. The molecule has 2 aromatic rings. The second-order valence-electron chi connectivity index (χ2n) is 5.01. The number of nitriles is 1. The van der Waals surface area contributed by atoms with E-state index in [1.54, 1.807) is 19.2 Å². The van der Waals surface area contributed by atoms with Gasteiger partial charge in [-0.3, -0.25) is 0 Å². The average molecular weight is 408 g/mol. The zero-order chi connectivity index (χ0) is 19.0. The van der Waals surface area contributed by atoms with Crippen molar-refractivity contribution in [2.75, 3.05) is 7.05 Å². The monoisotopic (exact) mass is 407 g/mol. The van der Waals surface area contributed by atoms with Gasteiger partial charge < -0.3 is 25.6 Å². The van der Waals surface area contributed by atoms with E-state index in [2.05, 4.69) is 45.5 Å². The van der Waals surface area contributed by atoms with E-state index in [1.165, 1.54) is 0 Å². The van der Waals surface area contributed by atoms with Crippen molar-refractivity contribution >= 4 is 15.9 Å². The molecule has 6 nitrogen and oxygen atoms in total. The topological polar surface area (TPSA) is 112 Å². The first kappa shape index (κ1) is 21.1. The fraction of sp³-hybridized carbons (Fsp3) is 0.278. The largest absolute Gasteiger partial charge is 0.392 e. The van der Waals surface area contributed by atoms with Gasteiger partial charge in [-0.25, -0.2) is 0 Å². The van der Waals surface area contributed by atoms with Gasteiger partial charge in [-0.15, -0.1) is 13.2 Å². The molecule has 0 unspecified atom stereocenters. The maximum Gasteiger partial charge on any atom is 0.132 e. The molecule has 5 N–H and O–H groups in total. The summed E-state index contributed by atoms with van der Waals surface area (Å²) >= 11 is 3.44. The number of halogens is 1. The SMILES string of the molecule is C=C.CNCc1[nH]c(C#N)c(Br)c1-c1ccc(CO)c(CO)c1CO. The second kappa shape index (κ2) is 10.1. The molecule has 1 heterocycles. The Morgan fingerprint density at radius 1 is 1.16 bits per heavy atom. The van der Waals surface area contributed by atoms with E-state index >= 15 is 0 Å². The van der Waals surface area contributed by atoms with Gasteiger partial charge in [0, 0.05) is 17.8 Å². The predicted molar refractivity (Wildman–Crippen MR) is 100 cm³/mol. The maximum absolute atomic E-state index is 9.79. The molecule has 2 rings (SSSR count). The van der Waals surface area contributed by atoms with Gasteiger partial charge in [0.25, 0.3) is 0 Å². The minimum Gasteiger partial charge on any atom is -0.392 e. The molecule has 0 saturated carbocycles. The third-order valence-electron chi connectivity index (χ3n) is 3.77. The number of nitrogens with one attached hydrogen (secondary N) is 2. The molecular weight excluding hydrogens is 386 g/mol. The van der Waals surface area contributed by atoms with E-state index in [9.17, 15) is 20.6 Å². The zero-order valence-corrected chi connectivity index (χ0v) is 15.7. The number of H-pyrrole nitrogens is 1. The molecular formula is C18H22BrN3O3. The van der Waals surface area contributed by atoms with Gasteiger partial charge in [0.1, 0.15) is 11.8 Å². The summed E-state index contributed by atoms with van der Waals surface area (Å²) in [6.45, 7) is 5.73. The number of aliphatic hydroxyl groups is 3. The van der Waals surface area contributed by atoms with Crippen molar-refractivity contribution in [3.8, 4) is 17.2 Å². The fourth-order valence-corrected chi connectivity index (χ4v) is 3.34. The highest BCUT2D eigenvalue weighted by atomic mass is 79.9. The molecule has 0 aliphatic rings. The second-order valence-corrected chi connectivity index (χ2v) is 5.81. The van der Waals surface area contributed by atoms with Crippen LogP contribution < -0.4 is 5.32 Å². The minimum atomic E-state index is -0.284. The quantitative estimate of drug-likeness (QED) is 0.471. The lowest BCUT2D eigenvalue weighted by molar-refractivity contribution is 0.248. The Hall–Kier alpha value is -1.95. The van der Waals surface area contributed by atoms with Gasteiger partial charge in [0.15, 0.2) is 0 Å². The van der Waals surface area contributed by atoms with E-state index in [1.807, 2.05) is 0 Å². The summed E-state index contributed by atoms with van der Waals surface area (Å²) in [5, 5.41) is 41.1. The van der Waals surface area contributed by atoms with Crippen LogP contribution in [-0.4, -0.2) is 27.4 Å². The van der Waals surface area contributed by atoms with Crippen molar-refractivity contribution < 1.29 is 15.3 Å². The summed E-state index contributed by atoms with van der Waals surface area (Å²) in [6, 6.07) is 5.59. The maximum atomic E-state index is 9.79.